The molecule has 0 aliphatic rings. The highest BCUT2D eigenvalue weighted by molar-refractivity contribution is 5.76. The monoisotopic (exact) mass is 186 g/mol. The summed E-state index contributed by atoms with van der Waals surface area (Å²) in [6.45, 7) is 11.1. The van der Waals surface area contributed by atoms with Crippen LogP contribution in [0.3, 0.4) is 0 Å². The largest absolute Gasteiger partial charge is 0.354 e. The van der Waals surface area contributed by atoms with Gasteiger partial charge < -0.3 is 10.2 Å². The summed E-state index contributed by atoms with van der Waals surface area (Å²) < 4.78 is 0. The van der Waals surface area contributed by atoms with Crippen molar-refractivity contribution in [2.75, 3.05) is 19.6 Å². The summed E-state index contributed by atoms with van der Waals surface area (Å²) in [7, 11) is 0. The normalized spacial score (nSPS) is 10.9. The molecular formula is C10H22N2O. The van der Waals surface area contributed by atoms with Crippen LogP contribution in [0.1, 0.15) is 34.1 Å². The lowest BCUT2D eigenvalue weighted by molar-refractivity contribution is -0.121. The summed E-state index contributed by atoms with van der Waals surface area (Å²) in [6, 6.07) is 0.254. The summed E-state index contributed by atoms with van der Waals surface area (Å²) in [5.74, 6) is 0.155. The molecule has 0 spiro atoms. The van der Waals surface area contributed by atoms with Crippen LogP contribution in [-0.2, 0) is 4.79 Å². The maximum Gasteiger partial charge on any atom is 0.221 e. The third-order valence-electron chi connectivity index (χ3n) is 2.00. The number of carbonyl (C=O) groups is 1. The lowest BCUT2D eigenvalue weighted by Crippen LogP contribution is -2.34. The fourth-order valence-corrected chi connectivity index (χ4v) is 1.19. The van der Waals surface area contributed by atoms with Crippen LogP contribution >= 0.6 is 0 Å². The molecule has 0 radical (unpaired) electrons. The summed E-state index contributed by atoms with van der Waals surface area (Å²) in [5, 5.41) is 2.88. The van der Waals surface area contributed by atoms with Gasteiger partial charge in [0.25, 0.3) is 0 Å². The van der Waals surface area contributed by atoms with E-state index in [1.54, 1.807) is 0 Å². The molecule has 0 heterocycles. The van der Waals surface area contributed by atoms with Crippen molar-refractivity contribution in [2.45, 2.75) is 40.2 Å². The Kier molecular flexibility index (Phi) is 6.59. The van der Waals surface area contributed by atoms with Crippen LogP contribution in [0.25, 0.3) is 0 Å². The van der Waals surface area contributed by atoms with Gasteiger partial charge in [0.2, 0.25) is 5.91 Å². The van der Waals surface area contributed by atoms with Crippen LogP contribution in [-0.4, -0.2) is 36.5 Å². The molecule has 1 N–H and O–H groups in total. The van der Waals surface area contributed by atoms with E-state index >= 15 is 0 Å². The zero-order chi connectivity index (χ0) is 10.3. The Morgan fingerprint density at radius 2 is 1.85 bits per heavy atom. The van der Waals surface area contributed by atoms with Crippen molar-refractivity contribution in [1.29, 1.82) is 0 Å². The molecule has 0 aromatic carbocycles. The predicted octanol–water partition coefficient (Wildman–Crippen LogP) is 1.24. The van der Waals surface area contributed by atoms with Gasteiger partial charge in [-0.2, -0.15) is 0 Å². The molecule has 0 rings (SSSR count). The highest BCUT2D eigenvalue weighted by Crippen LogP contribution is 1.91. The SMILES string of the molecule is CCN(CC)CCC(=O)NC(C)C. The average Bonchev–Trinajstić information content (AvgIpc) is 2.05. The molecule has 1 amide bonds. The van der Waals surface area contributed by atoms with Crippen LogP contribution in [0, 0.1) is 0 Å². The van der Waals surface area contributed by atoms with E-state index in [9.17, 15) is 4.79 Å². The maximum absolute atomic E-state index is 11.3. The summed E-state index contributed by atoms with van der Waals surface area (Å²) in [6.07, 6.45) is 0.611. The Hall–Kier alpha value is -0.570. The second-order valence-corrected chi connectivity index (χ2v) is 3.50. The minimum absolute atomic E-state index is 0.155. The van der Waals surface area contributed by atoms with Gasteiger partial charge in [-0.05, 0) is 26.9 Å². The Morgan fingerprint density at radius 3 is 2.23 bits per heavy atom. The first kappa shape index (κ1) is 12.4. The van der Waals surface area contributed by atoms with Crippen LogP contribution in [0.5, 0.6) is 0 Å². The molecule has 0 aliphatic carbocycles. The van der Waals surface area contributed by atoms with Gasteiger partial charge in [-0.15, -0.1) is 0 Å². The van der Waals surface area contributed by atoms with Gasteiger partial charge in [0.1, 0.15) is 0 Å². The standard InChI is InChI=1S/C10H22N2O/c1-5-12(6-2)8-7-10(13)11-9(3)4/h9H,5-8H2,1-4H3,(H,11,13). The van der Waals surface area contributed by atoms with Gasteiger partial charge in [0.15, 0.2) is 0 Å². The first-order valence-electron chi connectivity index (χ1n) is 5.11. The lowest BCUT2D eigenvalue weighted by Gasteiger charge is -2.17. The molecule has 0 unspecified atom stereocenters. The number of hydrogen-bond acceptors (Lipinski definition) is 2. The van der Waals surface area contributed by atoms with Gasteiger partial charge in [0.05, 0.1) is 0 Å². The van der Waals surface area contributed by atoms with Crippen LogP contribution in [0.2, 0.25) is 0 Å². The minimum atomic E-state index is 0.155. The Bertz CT molecular complexity index is 142. The fraction of sp³-hybridized carbons (Fsp3) is 0.900. The molecule has 0 saturated heterocycles. The maximum atomic E-state index is 11.3. The highest BCUT2D eigenvalue weighted by atomic mass is 16.1. The molecule has 0 fully saturated rings. The van der Waals surface area contributed by atoms with E-state index < -0.39 is 0 Å². The first-order chi connectivity index (χ1) is 6.10. The van der Waals surface area contributed by atoms with Crippen molar-refractivity contribution >= 4 is 5.91 Å². The van der Waals surface area contributed by atoms with Crippen molar-refractivity contribution in [2.24, 2.45) is 0 Å². The molecule has 0 aliphatic heterocycles. The molecule has 0 bridgehead atoms. The van der Waals surface area contributed by atoms with E-state index in [0.717, 1.165) is 19.6 Å². The molecule has 0 aromatic rings. The fourth-order valence-electron chi connectivity index (χ4n) is 1.19. The topological polar surface area (TPSA) is 32.3 Å². The minimum Gasteiger partial charge on any atom is -0.354 e. The number of rotatable bonds is 6. The van der Waals surface area contributed by atoms with Crippen molar-refractivity contribution in [3.05, 3.63) is 0 Å². The summed E-state index contributed by atoms with van der Waals surface area (Å²) in [4.78, 5) is 13.5. The third kappa shape index (κ3) is 6.58. The van der Waals surface area contributed by atoms with Crippen molar-refractivity contribution in [1.82, 2.24) is 10.2 Å². The number of nitrogens with one attached hydrogen (secondary N) is 1. The Labute approximate surface area is 81.5 Å². The summed E-state index contributed by atoms with van der Waals surface area (Å²) in [5.41, 5.74) is 0. The number of hydrogen-bond donors (Lipinski definition) is 1. The number of carbonyl (C=O) groups excluding carboxylic acids is 1. The van der Waals surface area contributed by atoms with Crippen LogP contribution in [0.4, 0.5) is 0 Å². The zero-order valence-corrected chi connectivity index (χ0v) is 9.26. The third-order valence-corrected chi connectivity index (χ3v) is 2.00. The van der Waals surface area contributed by atoms with E-state index in [0.29, 0.717) is 6.42 Å². The molecular weight excluding hydrogens is 164 g/mol. The van der Waals surface area contributed by atoms with Crippen molar-refractivity contribution < 1.29 is 4.79 Å². The first-order valence-corrected chi connectivity index (χ1v) is 5.11. The average molecular weight is 186 g/mol. The molecule has 78 valence electrons. The van der Waals surface area contributed by atoms with Gasteiger partial charge in [-0.25, -0.2) is 0 Å². The zero-order valence-electron chi connectivity index (χ0n) is 9.26. The van der Waals surface area contributed by atoms with E-state index in [4.69, 9.17) is 0 Å². The quantitative estimate of drug-likeness (QED) is 0.677. The molecule has 13 heavy (non-hydrogen) atoms. The van der Waals surface area contributed by atoms with Crippen molar-refractivity contribution in [3.8, 4) is 0 Å². The molecule has 0 aromatic heterocycles. The molecule has 0 atom stereocenters. The Balaban J connectivity index is 3.56. The van der Waals surface area contributed by atoms with Crippen LogP contribution in [0.15, 0.2) is 0 Å². The van der Waals surface area contributed by atoms with Crippen LogP contribution < -0.4 is 5.32 Å². The summed E-state index contributed by atoms with van der Waals surface area (Å²) >= 11 is 0. The molecule has 3 nitrogen and oxygen atoms in total. The van der Waals surface area contributed by atoms with Gasteiger partial charge in [0, 0.05) is 19.0 Å². The highest BCUT2D eigenvalue weighted by Gasteiger charge is 2.05. The van der Waals surface area contributed by atoms with E-state index in [-0.39, 0.29) is 11.9 Å². The van der Waals surface area contributed by atoms with Gasteiger partial charge >= 0.3 is 0 Å². The van der Waals surface area contributed by atoms with E-state index in [2.05, 4.69) is 24.1 Å². The molecule has 0 saturated carbocycles. The second-order valence-electron chi connectivity index (χ2n) is 3.50. The second kappa shape index (κ2) is 6.89. The van der Waals surface area contributed by atoms with Gasteiger partial charge in [-0.1, -0.05) is 13.8 Å². The Morgan fingerprint density at radius 1 is 1.31 bits per heavy atom. The van der Waals surface area contributed by atoms with E-state index in [1.165, 1.54) is 0 Å². The van der Waals surface area contributed by atoms with Gasteiger partial charge in [-0.3, -0.25) is 4.79 Å². The molecule has 3 heteroatoms. The van der Waals surface area contributed by atoms with E-state index in [1.807, 2.05) is 13.8 Å². The number of amides is 1. The van der Waals surface area contributed by atoms with Crippen molar-refractivity contribution in [3.63, 3.8) is 0 Å². The smallest absolute Gasteiger partial charge is 0.221 e. The predicted molar refractivity (Wildman–Crippen MR) is 55.7 cm³/mol. The lowest BCUT2D eigenvalue weighted by atomic mass is 10.3. The number of nitrogens with zero attached hydrogens (tertiary/aromatic N) is 1.